The van der Waals surface area contributed by atoms with Gasteiger partial charge >= 0.3 is 12.0 Å². The Bertz CT molecular complexity index is 2320. The van der Waals surface area contributed by atoms with Gasteiger partial charge in [0.1, 0.15) is 40.1 Å². The number of nitrogens with zero attached hydrogens (tertiary/aromatic N) is 2. The van der Waals surface area contributed by atoms with Crippen molar-refractivity contribution in [2.75, 3.05) is 61.8 Å². The van der Waals surface area contributed by atoms with Crippen molar-refractivity contribution in [3.63, 3.8) is 0 Å². The molecule has 0 bridgehead atoms. The average molecular weight is 856 g/mol. The Morgan fingerprint density at radius 2 is 1.59 bits per heavy atom. The van der Waals surface area contributed by atoms with Gasteiger partial charge in [-0.15, -0.1) is 0 Å². The smallest absolute Gasteiger partial charge is 0.323 e. The van der Waals surface area contributed by atoms with Crippen LogP contribution in [0.1, 0.15) is 51.2 Å². The molecule has 0 aliphatic rings. The second kappa shape index (κ2) is 22.3. The van der Waals surface area contributed by atoms with Gasteiger partial charge in [0, 0.05) is 47.6 Å². The maximum Gasteiger partial charge on any atom is 0.323 e. The van der Waals surface area contributed by atoms with Crippen LogP contribution < -0.4 is 40.2 Å². The van der Waals surface area contributed by atoms with Crippen LogP contribution in [0.15, 0.2) is 85.1 Å². The van der Waals surface area contributed by atoms with E-state index in [0.717, 1.165) is 46.2 Å². The number of methoxy groups -OCH3 is 2. The molecular formula is C45H57N7O8S. The van der Waals surface area contributed by atoms with Gasteiger partial charge in [0.2, 0.25) is 6.41 Å². The summed E-state index contributed by atoms with van der Waals surface area (Å²) in [7, 11) is 5.31. The molecule has 2 unspecified atom stereocenters. The third-order valence-corrected chi connectivity index (χ3v) is 9.98. The fourth-order valence-electron chi connectivity index (χ4n) is 6.29. The highest BCUT2D eigenvalue weighted by Gasteiger charge is 2.22. The first-order valence-corrected chi connectivity index (χ1v) is 21.1. The molecule has 5 aromatic rings. The fraction of sp³-hybridized carbons (Fsp3) is 0.333. The van der Waals surface area contributed by atoms with Crippen molar-refractivity contribution in [2.45, 2.75) is 58.4 Å². The van der Waals surface area contributed by atoms with E-state index in [1.807, 2.05) is 73.7 Å². The lowest BCUT2D eigenvalue weighted by molar-refractivity contribution is -0.142. The molecule has 6 N–H and O–H groups in total. The summed E-state index contributed by atoms with van der Waals surface area (Å²) >= 11 is 0. The Hall–Kier alpha value is -6.39. The number of carboxylic acid groups (broad SMARTS) is 1. The van der Waals surface area contributed by atoms with Crippen molar-refractivity contribution in [1.29, 1.82) is 0 Å². The number of aryl methyl sites for hydroxylation is 1. The van der Waals surface area contributed by atoms with Gasteiger partial charge in [-0.3, -0.25) is 14.5 Å². The van der Waals surface area contributed by atoms with E-state index in [4.69, 9.17) is 19.3 Å². The molecule has 0 radical (unpaired) electrons. The molecule has 3 amide bonds. The number of aliphatic carboxylic acids is 1. The van der Waals surface area contributed by atoms with Crippen molar-refractivity contribution in [2.24, 2.45) is 0 Å². The normalized spacial score (nSPS) is 12.0. The number of carbonyl (C=O) groups is 3. The highest BCUT2D eigenvalue weighted by Crippen LogP contribution is 2.40. The number of carboxylic acids is 1. The van der Waals surface area contributed by atoms with Crippen LogP contribution in [0.2, 0.25) is 0 Å². The molecule has 0 fully saturated rings. The molecule has 0 saturated heterocycles. The number of anilines is 5. The number of likely N-dealkylation sites (N-methyl/N-ethyl adjacent to an activating group) is 1. The molecule has 0 aliphatic carbocycles. The number of hydrogen-bond acceptors (Lipinski definition) is 10. The molecule has 1 aromatic heterocycles. The molecule has 16 heteroatoms. The number of benzene rings is 4. The lowest BCUT2D eigenvalue weighted by Crippen LogP contribution is -2.35. The van der Waals surface area contributed by atoms with E-state index < -0.39 is 29.0 Å². The summed E-state index contributed by atoms with van der Waals surface area (Å²) in [4.78, 5) is 40.2. The minimum absolute atomic E-state index is 0.239. The number of nitrogens with one attached hydrogen (secondary N) is 5. The third kappa shape index (κ3) is 13.8. The van der Waals surface area contributed by atoms with E-state index in [1.54, 1.807) is 44.4 Å². The number of fused-ring (bicyclic) bond motifs is 1. The Morgan fingerprint density at radius 3 is 2.23 bits per heavy atom. The van der Waals surface area contributed by atoms with E-state index in [2.05, 4.69) is 51.7 Å². The summed E-state index contributed by atoms with van der Waals surface area (Å²) < 4.78 is 32.3. The molecular weight excluding hydrogens is 799 g/mol. The highest BCUT2D eigenvalue weighted by atomic mass is 32.2. The first-order valence-electron chi connectivity index (χ1n) is 19.6. The molecule has 5 rings (SSSR count). The van der Waals surface area contributed by atoms with Crippen LogP contribution in [0.5, 0.6) is 23.0 Å². The van der Waals surface area contributed by atoms with Crippen LogP contribution in [-0.2, 0) is 26.0 Å². The first-order chi connectivity index (χ1) is 29.0. The SMILES string of the molecule is CN(C)C(CCCCNC=O)C(=O)O.COc1cc(Nc2cc(Oc3ccc(NC(=O)Nc4cc(C(C)(C)C)cc(NS(C)=O)c4OC)c4ccccc34)ccn2)ccc1C. The van der Waals surface area contributed by atoms with Gasteiger partial charge in [0.05, 0.1) is 31.3 Å². The number of carbonyl (C=O) groups excluding carboxylic acids is 2. The standard InChI is InChI=1S/C36H39N5O5S.C9H18N2O3/c1-22-12-13-24(20-32(22)44-5)38-33-21-25(16-17-37-33)46-31-15-14-28(26-10-8-9-11-27(26)31)39-35(42)40-29-18-23(36(2,3)4)19-30(34(29)45-6)41-47(7)43;1-11(2)8(9(13)14)5-3-4-6-10-7-12/h8-21,41H,1-7H3,(H,37,38)(H2,39,40,42);7-8H,3-6H2,1-2H3,(H,10,12)(H,13,14). The van der Waals surface area contributed by atoms with Crippen molar-refractivity contribution < 1.29 is 37.9 Å². The monoisotopic (exact) mass is 855 g/mol. The highest BCUT2D eigenvalue weighted by molar-refractivity contribution is 7.85. The number of rotatable bonds is 18. The maximum atomic E-state index is 13.4. The van der Waals surface area contributed by atoms with E-state index in [9.17, 15) is 18.6 Å². The molecule has 15 nitrogen and oxygen atoms in total. The van der Waals surface area contributed by atoms with Crippen molar-refractivity contribution >= 4 is 68.7 Å². The van der Waals surface area contributed by atoms with E-state index >= 15 is 0 Å². The van der Waals surface area contributed by atoms with Crippen LogP contribution in [0.3, 0.4) is 0 Å². The third-order valence-electron chi connectivity index (χ3n) is 9.47. The molecule has 0 spiro atoms. The molecule has 4 aromatic carbocycles. The lowest BCUT2D eigenvalue weighted by atomic mass is 9.86. The molecule has 0 saturated carbocycles. The second-order valence-corrected chi connectivity index (χ2v) is 16.4. The summed E-state index contributed by atoms with van der Waals surface area (Å²) in [6.07, 6.45) is 6.10. The summed E-state index contributed by atoms with van der Waals surface area (Å²) in [6, 6.07) is 23.6. The van der Waals surface area contributed by atoms with Crippen LogP contribution in [0.25, 0.3) is 10.8 Å². The zero-order valence-electron chi connectivity index (χ0n) is 36.2. The first kappa shape index (κ1) is 47.3. The Morgan fingerprint density at radius 1 is 0.885 bits per heavy atom. The van der Waals surface area contributed by atoms with Gasteiger partial charge in [-0.2, -0.15) is 0 Å². The molecule has 0 aliphatic heterocycles. The number of unbranched alkanes of at least 4 members (excludes halogenated alkanes) is 1. The average Bonchev–Trinajstić information content (AvgIpc) is 3.20. The van der Waals surface area contributed by atoms with E-state index in [1.165, 1.54) is 13.4 Å². The van der Waals surface area contributed by atoms with Gasteiger partial charge in [-0.25, -0.2) is 14.0 Å². The zero-order valence-corrected chi connectivity index (χ0v) is 37.0. The van der Waals surface area contributed by atoms with Crippen molar-refractivity contribution in [3.05, 3.63) is 96.2 Å². The topological polar surface area (TPSA) is 192 Å². The number of ether oxygens (including phenoxy) is 3. The van der Waals surface area contributed by atoms with Gasteiger partial charge in [-0.05, 0) is 93.2 Å². The second-order valence-electron chi connectivity index (χ2n) is 15.3. The number of amides is 3. The van der Waals surface area contributed by atoms with E-state index in [-0.39, 0.29) is 5.41 Å². The van der Waals surface area contributed by atoms with Gasteiger partial charge < -0.3 is 45.3 Å². The van der Waals surface area contributed by atoms with Gasteiger partial charge in [-0.1, -0.05) is 51.1 Å². The van der Waals surface area contributed by atoms with Crippen molar-refractivity contribution in [3.8, 4) is 23.0 Å². The summed E-state index contributed by atoms with van der Waals surface area (Å²) in [5.41, 5.74) is 4.13. The Balaban J connectivity index is 0.000000502. The van der Waals surface area contributed by atoms with E-state index in [0.29, 0.717) is 59.5 Å². The zero-order chi connectivity index (χ0) is 44.7. The molecule has 326 valence electrons. The van der Waals surface area contributed by atoms with Gasteiger partial charge in [0.25, 0.3) is 0 Å². The van der Waals surface area contributed by atoms with Crippen molar-refractivity contribution in [1.82, 2.24) is 15.2 Å². The minimum atomic E-state index is -1.34. The van der Waals surface area contributed by atoms with Crippen LogP contribution in [-0.4, -0.2) is 84.8 Å². The predicted molar refractivity (Wildman–Crippen MR) is 244 cm³/mol. The lowest BCUT2D eigenvalue weighted by Gasteiger charge is -2.24. The number of aromatic nitrogens is 1. The van der Waals surface area contributed by atoms with Crippen LogP contribution in [0, 0.1) is 6.92 Å². The van der Waals surface area contributed by atoms with Gasteiger partial charge in [0.15, 0.2) is 5.75 Å². The Kier molecular flexibility index (Phi) is 17.3. The summed E-state index contributed by atoms with van der Waals surface area (Å²) in [5.74, 6) is 2.19. The largest absolute Gasteiger partial charge is 0.496 e. The minimum Gasteiger partial charge on any atom is -0.496 e. The van der Waals surface area contributed by atoms with Crippen LogP contribution in [0.4, 0.5) is 33.4 Å². The summed E-state index contributed by atoms with van der Waals surface area (Å²) in [5, 5.41) is 22.2. The number of pyridine rings is 1. The predicted octanol–water partition coefficient (Wildman–Crippen LogP) is 8.66. The number of hydrogen-bond donors (Lipinski definition) is 6. The molecule has 61 heavy (non-hydrogen) atoms. The molecule has 1 heterocycles. The Labute approximate surface area is 360 Å². The number of urea groups is 1. The molecule has 2 atom stereocenters. The maximum absolute atomic E-state index is 13.4. The fourth-order valence-corrected chi connectivity index (χ4v) is 6.75. The quantitative estimate of drug-likeness (QED) is 0.0365. The van der Waals surface area contributed by atoms with Crippen LogP contribution >= 0.6 is 0 Å². The summed E-state index contributed by atoms with van der Waals surface area (Å²) in [6.45, 7) is 8.79.